The summed E-state index contributed by atoms with van der Waals surface area (Å²) >= 11 is 0. The Hall–Kier alpha value is -1.10. The van der Waals surface area contributed by atoms with Crippen molar-refractivity contribution < 1.29 is 14.3 Å². The van der Waals surface area contributed by atoms with Gasteiger partial charge in [-0.3, -0.25) is 9.59 Å². The summed E-state index contributed by atoms with van der Waals surface area (Å²) in [6.45, 7) is 2.60. The van der Waals surface area contributed by atoms with E-state index in [0.29, 0.717) is 32.7 Å². The average Bonchev–Trinajstić information content (AvgIpc) is 2.19. The molecule has 0 aromatic heterocycles. The number of likely N-dealkylation sites (N-methyl/N-ethyl adjacent to an activating group) is 1. The minimum atomic E-state index is -0.0158. The van der Waals surface area contributed by atoms with Gasteiger partial charge in [-0.2, -0.15) is 0 Å². The molecule has 0 aromatic carbocycles. The molecule has 1 heterocycles. The molecule has 0 radical (unpaired) electrons. The molecule has 0 bridgehead atoms. The van der Waals surface area contributed by atoms with Gasteiger partial charge in [0.05, 0.1) is 19.8 Å². The molecular weight excluding hydrogens is 172 g/mol. The molecule has 0 saturated carbocycles. The Morgan fingerprint density at radius 1 is 1.54 bits per heavy atom. The van der Waals surface area contributed by atoms with Crippen LogP contribution in [0.25, 0.3) is 0 Å². The van der Waals surface area contributed by atoms with Crippen LogP contribution in [-0.2, 0) is 14.3 Å². The quantitative estimate of drug-likeness (QED) is 0.527. The number of nitrogens with zero attached hydrogens (tertiary/aromatic N) is 2. The maximum absolute atomic E-state index is 11.4. The second-order valence-electron chi connectivity index (χ2n) is 3.01. The summed E-state index contributed by atoms with van der Waals surface area (Å²) in [5.41, 5.74) is 0. The molecule has 5 heteroatoms. The lowest BCUT2D eigenvalue weighted by atomic mass is 10.4. The largest absolute Gasteiger partial charge is 0.378 e. The minimum Gasteiger partial charge on any atom is -0.378 e. The molecule has 0 spiro atoms. The van der Waals surface area contributed by atoms with Gasteiger partial charge in [-0.05, 0) is 0 Å². The van der Waals surface area contributed by atoms with Gasteiger partial charge in [0.15, 0.2) is 0 Å². The molecule has 74 valence electrons. The molecule has 13 heavy (non-hydrogen) atoms. The number of carbonyl (C=O) groups excluding carboxylic acids is 2. The number of carbonyl (C=O) groups is 2. The molecule has 1 fully saturated rings. The molecule has 5 nitrogen and oxygen atoms in total. The fourth-order valence-corrected chi connectivity index (χ4v) is 1.16. The van der Waals surface area contributed by atoms with E-state index in [1.165, 1.54) is 4.90 Å². The standard InChI is InChI=1S/C8H14N2O3/c1-9(7-11)6-8(12)10-2-4-13-5-3-10/h7H,2-6H2,1H3. The van der Waals surface area contributed by atoms with Crippen LogP contribution in [0.1, 0.15) is 0 Å². The summed E-state index contributed by atoms with van der Waals surface area (Å²) in [7, 11) is 1.59. The second-order valence-corrected chi connectivity index (χ2v) is 3.01. The van der Waals surface area contributed by atoms with Gasteiger partial charge < -0.3 is 14.5 Å². The SMILES string of the molecule is CN(C=O)CC(=O)N1CCOCC1. The highest BCUT2D eigenvalue weighted by Crippen LogP contribution is 1.97. The number of ether oxygens (including phenoxy) is 1. The van der Waals surface area contributed by atoms with Crippen molar-refractivity contribution in [2.45, 2.75) is 0 Å². The van der Waals surface area contributed by atoms with E-state index in [4.69, 9.17) is 4.74 Å². The number of amides is 2. The van der Waals surface area contributed by atoms with Gasteiger partial charge in [0.1, 0.15) is 0 Å². The highest BCUT2D eigenvalue weighted by atomic mass is 16.5. The summed E-state index contributed by atoms with van der Waals surface area (Å²) in [4.78, 5) is 24.7. The van der Waals surface area contributed by atoms with E-state index in [9.17, 15) is 9.59 Å². The summed E-state index contributed by atoms with van der Waals surface area (Å²) < 4.78 is 5.10. The van der Waals surface area contributed by atoms with Crippen molar-refractivity contribution in [2.24, 2.45) is 0 Å². The third kappa shape index (κ3) is 3.02. The average molecular weight is 186 g/mol. The third-order valence-corrected chi connectivity index (χ3v) is 1.93. The fraction of sp³-hybridized carbons (Fsp3) is 0.750. The highest BCUT2D eigenvalue weighted by molar-refractivity contribution is 5.80. The van der Waals surface area contributed by atoms with Gasteiger partial charge in [0, 0.05) is 20.1 Å². The first kappa shape index (κ1) is 9.98. The Bertz CT molecular complexity index is 190. The number of hydrogen-bond donors (Lipinski definition) is 0. The van der Waals surface area contributed by atoms with Crippen LogP contribution >= 0.6 is 0 Å². The summed E-state index contributed by atoms with van der Waals surface area (Å²) in [6.07, 6.45) is 0.651. The molecule has 1 aliphatic heterocycles. The predicted octanol–water partition coefficient (Wildman–Crippen LogP) is -1.07. The number of hydrogen-bond acceptors (Lipinski definition) is 3. The van der Waals surface area contributed by atoms with E-state index in [2.05, 4.69) is 0 Å². The van der Waals surface area contributed by atoms with Crippen LogP contribution in [0.2, 0.25) is 0 Å². The Balaban J connectivity index is 2.32. The zero-order valence-electron chi connectivity index (χ0n) is 7.73. The molecule has 1 rings (SSSR count). The second kappa shape index (κ2) is 4.81. The summed E-state index contributed by atoms with van der Waals surface area (Å²) in [5.74, 6) is -0.0158. The van der Waals surface area contributed by atoms with Crippen LogP contribution in [0, 0.1) is 0 Å². The van der Waals surface area contributed by atoms with E-state index in [-0.39, 0.29) is 12.5 Å². The number of rotatable bonds is 3. The first-order valence-corrected chi connectivity index (χ1v) is 4.25. The molecule has 0 aliphatic carbocycles. The zero-order valence-corrected chi connectivity index (χ0v) is 7.73. The fourth-order valence-electron chi connectivity index (χ4n) is 1.16. The monoisotopic (exact) mass is 186 g/mol. The van der Waals surface area contributed by atoms with Crippen LogP contribution in [0.3, 0.4) is 0 Å². The molecule has 1 saturated heterocycles. The van der Waals surface area contributed by atoms with Gasteiger partial charge in [-0.15, -0.1) is 0 Å². The topological polar surface area (TPSA) is 49.9 Å². The Morgan fingerprint density at radius 3 is 2.69 bits per heavy atom. The van der Waals surface area contributed by atoms with E-state index in [0.717, 1.165) is 0 Å². The van der Waals surface area contributed by atoms with Gasteiger partial charge >= 0.3 is 0 Å². The predicted molar refractivity (Wildman–Crippen MR) is 46.1 cm³/mol. The Morgan fingerprint density at radius 2 is 2.15 bits per heavy atom. The van der Waals surface area contributed by atoms with Gasteiger partial charge in [-0.25, -0.2) is 0 Å². The molecule has 0 unspecified atom stereocenters. The van der Waals surface area contributed by atoms with Crippen molar-refractivity contribution in [1.29, 1.82) is 0 Å². The van der Waals surface area contributed by atoms with E-state index < -0.39 is 0 Å². The van der Waals surface area contributed by atoms with Crippen molar-refractivity contribution in [3.05, 3.63) is 0 Å². The van der Waals surface area contributed by atoms with Crippen LogP contribution in [0.4, 0.5) is 0 Å². The molecular formula is C8H14N2O3. The zero-order chi connectivity index (χ0) is 9.68. The molecule has 0 aromatic rings. The maximum atomic E-state index is 11.4. The van der Waals surface area contributed by atoms with E-state index in [1.54, 1.807) is 11.9 Å². The van der Waals surface area contributed by atoms with Crippen molar-refractivity contribution in [1.82, 2.24) is 9.80 Å². The molecule has 1 aliphatic rings. The van der Waals surface area contributed by atoms with Crippen LogP contribution in [-0.4, -0.2) is 62.0 Å². The normalized spacial score (nSPS) is 16.8. The number of morpholine rings is 1. The summed E-state index contributed by atoms with van der Waals surface area (Å²) in [5, 5.41) is 0. The Labute approximate surface area is 77.2 Å². The molecule has 2 amide bonds. The van der Waals surface area contributed by atoms with Crippen molar-refractivity contribution in [3.8, 4) is 0 Å². The lowest BCUT2D eigenvalue weighted by molar-refractivity contribution is -0.138. The first-order valence-electron chi connectivity index (χ1n) is 4.25. The van der Waals surface area contributed by atoms with Crippen molar-refractivity contribution >= 4 is 12.3 Å². The van der Waals surface area contributed by atoms with Gasteiger partial charge in [0.2, 0.25) is 12.3 Å². The van der Waals surface area contributed by atoms with Crippen molar-refractivity contribution in [2.75, 3.05) is 39.9 Å². The molecule has 0 atom stereocenters. The van der Waals surface area contributed by atoms with Gasteiger partial charge in [-0.1, -0.05) is 0 Å². The smallest absolute Gasteiger partial charge is 0.242 e. The van der Waals surface area contributed by atoms with Crippen LogP contribution in [0.5, 0.6) is 0 Å². The van der Waals surface area contributed by atoms with E-state index in [1.807, 2.05) is 0 Å². The third-order valence-electron chi connectivity index (χ3n) is 1.93. The minimum absolute atomic E-state index is 0.0158. The lowest BCUT2D eigenvalue weighted by Crippen LogP contribution is -2.44. The Kier molecular flexibility index (Phi) is 3.70. The highest BCUT2D eigenvalue weighted by Gasteiger charge is 2.17. The van der Waals surface area contributed by atoms with Gasteiger partial charge in [0.25, 0.3) is 0 Å². The maximum Gasteiger partial charge on any atom is 0.242 e. The van der Waals surface area contributed by atoms with E-state index >= 15 is 0 Å². The first-order chi connectivity index (χ1) is 6.24. The van der Waals surface area contributed by atoms with Crippen molar-refractivity contribution in [3.63, 3.8) is 0 Å². The summed E-state index contributed by atoms with van der Waals surface area (Å²) in [6, 6.07) is 0. The lowest BCUT2D eigenvalue weighted by Gasteiger charge is -2.27. The van der Waals surface area contributed by atoms with Crippen LogP contribution < -0.4 is 0 Å². The molecule has 0 N–H and O–H groups in total. The van der Waals surface area contributed by atoms with Crippen LogP contribution in [0.15, 0.2) is 0 Å².